The minimum Gasteiger partial charge on any atom is -0.481 e. The molecule has 0 aliphatic rings. The van der Waals surface area contributed by atoms with Crippen molar-refractivity contribution in [3.63, 3.8) is 0 Å². The highest BCUT2D eigenvalue weighted by Gasteiger charge is 2.28. The molecule has 2 N–H and O–H groups in total. The summed E-state index contributed by atoms with van der Waals surface area (Å²) in [5.74, 6) is -0.808. The highest BCUT2D eigenvalue weighted by atomic mass is 16.4. The number of anilines is 1. The summed E-state index contributed by atoms with van der Waals surface area (Å²) in [6.45, 7) is 7.55. The molecule has 1 aromatic carbocycles. The first-order valence-electron chi connectivity index (χ1n) is 5.44. The van der Waals surface area contributed by atoms with Crippen LogP contribution in [0.5, 0.6) is 0 Å². The van der Waals surface area contributed by atoms with Gasteiger partial charge in [-0.3, -0.25) is 4.79 Å². The summed E-state index contributed by atoms with van der Waals surface area (Å²) in [6, 6.07) is 7.93. The van der Waals surface area contributed by atoms with Gasteiger partial charge >= 0.3 is 5.97 Å². The van der Waals surface area contributed by atoms with Crippen LogP contribution in [0.25, 0.3) is 0 Å². The lowest BCUT2D eigenvalue weighted by molar-refractivity contribution is -0.142. The van der Waals surface area contributed by atoms with Crippen LogP contribution in [0.15, 0.2) is 24.3 Å². The van der Waals surface area contributed by atoms with E-state index in [2.05, 4.69) is 19.2 Å². The van der Waals surface area contributed by atoms with E-state index in [4.69, 9.17) is 5.11 Å². The van der Waals surface area contributed by atoms with E-state index in [1.165, 1.54) is 0 Å². The lowest BCUT2D eigenvalue weighted by Crippen LogP contribution is -2.28. The van der Waals surface area contributed by atoms with Crippen molar-refractivity contribution >= 4 is 11.7 Å². The van der Waals surface area contributed by atoms with Crippen molar-refractivity contribution in [1.82, 2.24) is 0 Å². The van der Waals surface area contributed by atoms with Crippen molar-refractivity contribution in [3.05, 3.63) is 29.8 Å². The van der Waals surface area contributed by atoms with Gasteiger partial charge in [-0.25, -0.2) is 0 Å². The molecule has 0 aliphatic heterocycles. The Labute approximate surface area is 96.5 Å². The van der Waals surface area contributed by atoms with E-state index in [0.29, 0.717) is 6.04 Å². The molecular weight excluding hydrogens is 202 g/mol. The van der Waals surface area contributed by atoms with E-state index in [0.717, 1.165) is 11.3 Å². The van der Waals surface area contributed by atoms with Gasteiger partial charge in [0.15, 0.2) is 0 Å². The van der Waals surface area contributed by atoms with Crippen molar-refractivity contribution in [3.8, 4) is 0 Å². The molecular formula is C13H19NO2. The average Bonchev–Trinajstić information content (AvgIpc) is 2.17. The smallest absolute Gasteiger partial charge is 0.313 e. The van der Waals surface area contributed by atoms with E-state index >= 15 is 0 Å². The van der Waals surface area contributed by atoms with Crippen molar-refractivity contribution in [1.29, 1.82) is 0 Å². The van der Waals surface area contributed by atoms with Gasteiger partial charge in [-0.1, -0.05) is 12.1 Å². The molecule has 3 heteroatoms. The number of carboxylic acids is 1. The Morgan fingerprint density at radius 3 is 2.12 bits per heavy atom. The molecule has 0 amide bonds. The largest absolute Gasteiger partial charge is 0.481 e. The zero-order valence-corrected chi connectivity index (χ0v) is 10.2. The van der Waals surface area contributed by atoms with Gasteiger partial charge in [0.05, 0.1) is 5.41 Å². The van der Waals surface area contributed by atoms with Gasteiger partial charge in [0.1, 0.15) is 0 Å². The van der Waals surface area contributed by atoms with Gasteiger partial charge in [0.25, 0.3) is 0 Å². The van der Waals surface area contributed by atoms with Gasteiger partial charge < -0.3 is 10.4 Å². The van der Waals surface area contributed by atoms with Crippen LogP contribution in [0.2, 0.25) is 0 Å². The minimum atomic E-state index is -0.837. The van der Waals surface area contributed by atoms with E-state index in [-0.39, 0.29) is 0 Å². The molecule has 16 heavy (non-hydrogen) atoms. The molecule has 0 bridgehead atoms. The molecule has 0 aromatic heterocycles. The van der Waals surface area contributed by atoms with E-state index < -0.39 is 11.4 Å². The van der Waals surface area contributed by atoms with E-state index in [9.17, 15) is 4.79 Å². The Bertz CT molecular complexity index is 366. The number of hydrogen-bond acceptors (Lipinski definition) is 2. The molecule has 0 radical (unpaired) electrons. The first kappa shape index (κ1) is 12.6. The molecule has 0 spiro atoms. The molecule has 88 valence electrons. The van der Waals surface area contributed by atoms with Gasteiger partial charge in [0.2, 0.25) is 0 Å². The predicted octanol–water partition coefficient (Wildman–Crippen LogP) is 2.87. The van der Waals surface area contributed by atoms with Gasteiger partial charge in [-0.05, 0) is 45.4 Å². The van der Waals surface area contributed by atoms with Crippen molar-refractivity contribution in [2.75, 3.05) is 5.32 Å². The minimum absolute atomic E-state index is 0.373. The number of carboxylic acid groups (broad SMARTS) is 1. The highest BCUT2D eigenvalue weighted by molar-refractivity contribution is 5.80. The predicted molar refractivity (Wildman–Crippen MR) is 65.9 cm³/mol. The number of hydrogen-bond donors (Lipinski definition) is 2. The van der Waals surface area contributed by atoms with Crippen LogP contribution >= 0.6 is 0 Å². The second kappa shape index (κ2) is 4.56. The fourth-order valence-electron chi connectivity index (χ4n) is 1.44. The monoisotopic (exact) mass is 221 g/mol. The first-order valence-corrected chi connectivity index (χ1v) is 5.44. The molecule has 0 saturated heterocycles. The molecule has 0 aliphatic carbocycles. The Morgan fingerprint density at radius 1 is 1.25 bits per heavy atom. The second-order valence-electron chi connectivity index (χ2n) is 4.81. The zero-order valence-electron chi connectivity index (χ0n) is 10.2. The maximum absolute atomic E-state index is 11.1. The number of carbonyl (C=O) groups is 1. The Hall–Kier alpha value is -1.51. The number of benzene rings is 1. The first-order chi connectivity index (χ1) is 7.34. The molecule has 0 fully saturated rings. The van der Waals surface area contributed by atoms with Crippen LogP contribution < -0.4 is 5.32 Å². The van der Waals surface area contributed by atoms with E-state index in [1.807, 2.05) is 24.3 Å². The summed E-state index contributed by atoms with van der Waals surface area (Å²) in [5.41, 5.74) is 0.991. The average molecular weight is 221 g/mol. The van der Waals surface area contributed by atoms with Crippen LogP contribution in [-0.2, 0) is 10.2 Å². The molecule has 1 rings (SSSR count). The Balaban J connectivity index is 2.91. The SMILES string of the molecule is CC(C)Nc1ccc(C(C)(C)C(=O)O)cc1. The molecule has 1 aromatic rings. The van der Waals surface area contributed by atoms with E-state index in [1.54, 1.807) is 13.8 Å². The van der Waals surface area contributed by atoms with Crippen molar-refractivity contribution < 1.29 is 9.90 Å². The fraction of sp³-hybridized carbons (Fsp3) is 0.462. The summed E-state index contributed by atoms with van der Waals surface area (Å²) < 4.78 is 0. The standard InChI is InChI=1S/C13H19NO2/c1-9(2)14-11-7-5-10(6-8-11)13(3,4)12(15)16/h5-9,14H,1-4H3,(H,15,16). The topological polar surface area (TPSA) is 49.3 Å². The van der Waals surface area contributed by atoms with Crippen LogP contribution in [0.1, 0.15) is 33.3 Å². The summed E-state index contributed by atoms with van der Waals surface area (Å²) >= 11 is 0. The molecule has 3 nitrogen and oxygen atoms in total. The highest BCUT2D eigenvalue weighted by Crippen LogP contribution is 2.24. The summed E-state index contributed by atoms with van der Waals surface area (Å²) in [5, 5.41) is 12.4. The second-order valence-corrected chi connectivity index (χ2v) is 4.81. The van der Waals surface area contributed by atoms with Gasteiger partial charge in [-0.15, -0.1) is 0 Å². The van der Waals surface area contributed by atoms with Gasteiger partial charge in [0, 0.05) is 11.7 Å². The Kier molecular flexibility index (Phi) is 3.58. The third-order valence-electron chi connectivity index (χ3n) is 2.60. The van der Waals surface area contributed by atoms with Crippen molar-refractivity contribution in [2.24, 2.45) is 0 Å². The normalized spacial score (nSPS) is 11.6. The quantitative estimate of drug-likeness (QED) is 0.822. The Morgan fingerprint density at radius 2 is 1.75 bits per heavy atom. The lowest BCUT2D eigenvalue weighted by atomic mass is 9.85. The van der Waals surface area contributed by atoms with Crippen LogP contribution in [0, 0.1) is 0 Å². The summed E-state index contributed by atoms with van der Waals surface area (Å²) in [4.78, 5) is 11.1. The molecule has 0 heterocycles. The molecule has 0 unspecified atom stereocenters. The number of rotatable bonds is 4. The summed E-state index contributed by atoms with van der Waals surface area (Å²) in [6.07, 6.45) is 0. The maximum Gasteiger partial charge on any atom is 0.313 e. The number of aliphatic carboxylic acids is 1. The van der Waals surface area contributed by atoms with Crippen LogP contribution in [-0.4, -0.2) is 17.1 Å². The summed E-state index contributed by atoms with van der Waals surface area (Å²) in [7, 11) is 0. The third-order valence-corrected chi connectivity index (χ3v) is 2.60. The van der Waals surface area contributed by atoms with Gasteiger partial charge in [-0.2, -0.15) is 0 Å². The fourth-order valence-corrected chi connectivity index (χ4v) is 1.44. The van der Waals surface area contributed by atoms with Crippen LogP contribution in [0.3, 0.4) is 0 Å². The third kappa shape index (κ3) is 2.75. The van der Waals surface area contributed by atoms with Crippen LogP contribution in [0.4, 0.5) is 5.69 Å². The lowest BCUT2D eigenvalue weighted by Gasteiger charge is -2.20. The maximum atomic E-state index is 11.1. The molecule has 0 atom stereocenters. The zero-order chi connectivity index (χ0) is 12.3. The van der Waals surface area contributed by atoms with Crippen molar-refractivity contribution in [2.45, 2.75) is 39.2 Å². The molecule has 0 saturated carbocycles. The number of nitrogens with one attached hydrogen (secondary N) is 1.